The smallest absolute Gasteiger partial charge is 0.347 e. The summed E-state index contributed by atoms with van der Waals surface area (Å²) in [6, 6.07) is 1.87. The van der Waals surface area contributed by atoms with E-state index >= 15 is 0 Å². The summed E-state index contributed by atoms with van der Waals surface area (Å²) in [5.74, 6) is -5.99. The number of nitrogens with one attached hydrogen (secondary N) is 3. The monoisotopic (exact) mass is 1330 g/mol. The number of thiophene rings is 2. The van der Waals surface area contributed by atoms with Gasteiger partial charge in [0.1, 0.15) is 16.8 Å². The summed E-state index contributed by atoms with van der Waals surface area (Å²) in [7, 11) is -13.1. The van der Waals surface area contributed by atoms with Crippen LogP contribution in [0.2, 0.25) is 0 Å². The second-order valence-corrected chi connectivity index (χ2v) is 31.2. The van der Waals surface area contributed by atoms with Crippen LogP contribution in [-0.2, 0) is 107 Å². The third-order valence-corrected chi connectivity index (χ3v) is 21.9. The second-order valence-electron chi connectivity index (χ2n) is 21.2. The van der Waals surface area contributed by atoms with E-state index in [0.29, 0.717) is 73.9 Å². The number of hydrogen-bond acceptors (Lipinski definition) is 26. The summed E-state index contributed by atoms with van der Waals surface area (Å²) < 4.78 is 146. The summed E-state index contributed by atoms with van der Waals surface area (Å²) >= 11 is 1.23. The van der Waals surface area contributed by atoms with E-state index in [4.69, 9.17) is 43.4 Å². The average molecular weight is 1330 g/mol. The number of amides is 1. The fraction of sp³-hybridized carbons (Fsp3) is 0.720. The average Bonchev–Trinajstić information content (AvgIpc) is 2.07. The van der Waals surface area contributed by atoms with E-state index in [1.165, 1.54) is 62.5 Å². The number of methoxy groups -OCH3 is 2. The van der Waals surface area contributed by atoms with Gasteiger partial charge in [-0.05, 0) is 121 Å². The van der Waals surface area contributed by atoms with E-state index < -0.39 is 130 Å². The first-order valence-electron chi connectivity index (χ1n) is 26.7. The predicted octanol–water partition coefficient (Wildman–Crippen LogP) is 2.54. The minimum atomic E-state index is -4.53. The van der Waals surface area contributed by atoms with Crippen LogP contribution in [0.1, 0.15) is 133 Å². The highest BCUT2D eigenvalue weighted by atomic mass is 32.3. The molecule has 4 rings (SSSR count). The van der Waals surface area contributed by atoms with E-state index in [1.54, 1.807) is 48.7 Å². The molecule has 0 unspecified atom stereocenters. The lowest BCUT2D eigenvalue weighted by Gasteiger charge is -2.32. The molecule has 2 aromatic rings. The molecule has 0 bridgehead atoms. The molecule has 2 aromatic heterocycles. The number of aliphatic carboxylic acids is 1. The molecule has 6 N–H and O–H groups in total. The van der Waals surface area contributed by atoms with Crippen molar-refractivity contribution in [2.75, 3.05) is 66.7 Å². The van der Waals surface area contributed by atoms with Gasteiger partial charge in [-0.25, -0.2) is 67.5 Å². The van der Waals surface area contributed by atoms with Crippen LogP contribution in [-0.4, -0.2) is 198 Å². The molecule has 0 aromatic carbocycles. The third kappa shape index (κ3) is 23.6. The molecule has 35 heteroatoms. The van der Waals surface area contributed by atoms with Gasteiger partial charge in [0.25, 0.3) is 36.0 Å². The molecule has 0 saturated heterocycles. The van der Waals surface area contributed by atoms with Crippen molar-refractivity contribution in [2.24, 2.45) is 5.14 Å². The van der Waals surface area contributed by atoms with Crippen LogP contribution < -0.4 is 20.5 Å². The number of carbonyl (C=O) groups excluding carboxylic acids is 5. The lowest BCUT2D eigenvalue weighted by atomic mass is 10.1. The highest BCUT2D eigenvalue weighted by Gasteiger charge is 2.42. The van der Waals surface area contributed by atoms with E-state index in [-0.39, 0.29) is 48.1 Å². The Balaban J connectivity index is 0.000000481. The molecule has 4 heterocycles. The fourth-order valence-electron chi connectivity index (χ4n) is 7.67. The van der Waals surface area contributed by atoms with E-state index in [0.717, 1.165) is 6.92 Å². The van der Waals surface area contributed by atoms with Crippen molar-refractivity contribution in [3.63, 3.8) is 0 Å². The van der Waals surface area contributed by atoms with Gasteiger partial charge in [-0.2, -0.15) is 8.61 Å². The summed E-state index contributed by atoms with van der Waals surface area (Å²) in [5, 5.41) is 20.1. The number of nitrogens with zero attached hydrogens (tertiary/aromatic N) is 2. The summed E-state index contributed by atoms with van der Waals surface area (Å²) in [6.45, 7) is 25.0. The second kappa shape index (κ2) is 32.8. The summed E-state index contributed by atoms with van der Waals surface area (Å²) in [4.78, 5) is 71.0. The molecule has 0 fully saturated rings. The number of carboxylic acid groups (broad SMARTS) is 1. The van der Waals surface area contributed by atoms with Crippen molar-refractivity contribution < 1.29 is 105 Å². The number of primary sulfonamides is 1. The minimum Gasteiger partial charge on any atom is -0.479 e. The Labute approximate surface area is 506 Å². The molecule has 0 aliphatic carbocycles. The maximum atomic E-state index is 13.3. The Morgan fingerprint density at radius 2 is 0.953 bits per heavy atom. The highest BCUT2D eigenvalue weighted by Crippen LogP contribution is 2.41. The molecule has 0 spiro atoms. The topological polar surface area (TPSA) is 402 Å². The number of likely N-dealkylation sites (N-methyl/N-ethyl adjacent to an activating group) is 2. The summed E-state index contributed by atoms with van der Waals surface area (Å²) in [5.41, 5.74) is -0.398. The molecule has 85 heavy (non-hydrogen) atoms. The molecule has 2 aliphatic rings. The predicted molar refractivity (Wildman–Crippen MR) is 309 cm³/mol. The van der Waals surface area contributed by atoms with Crippen molar-refractivity contribution in [1.82, 2.24) is 24.0 Å². The number of sulfonamides is 4. The normalized spacial score (nSPS) is 19.0. The van der Waals surface area contributed by atoms with Crippen LogP contribution >= 0.6 is 22.7 Å². The number of esters is 4. The van der Waals surface area contributed by atoms with Crippen molar-refractivity contribution >= 4 is 98.5 Å². The third-order valence-electron chi connectivity index (χ3n) is 11.5. The zero-order valence-corrected chi connectivity index (χ0v) is 55.6. The van der Waals surface area contributed by atoms with Gasteiger partial charge in [0.05, 0.1) is 11.2 Å². The van der Waals surface area contributed by atoms with Crippen molar-refractivity contribution in [3.8, 4) is 0 Å². The summed E-state index contributed by atoms with van der Waals surface area (Å²) in [6.07, 6.45) is -6.29. The molecule has 0 saturated carbocycles. The van der Waals surface area contributed by atoms with Gasteiger partial charge in [-0.15, -0.1) is 22.7 Å². The molecule has 29 nitrogen and oxygen atoms in total. The Hall–Kier alpha value is -4.34. The maximum Gasteiger partial charge on any atom is 0.347 e. The minimum absolute atomic E-state index is 0.0520. The van der Waals surface area contributed by atoms with Crippen LogP contribution in [0.15, 0.2) is 29.0 Å². The number of hydrogen-bond donors (Lipinski definition) is 5. The Kier molecular flexibility index (Phi) is 29.6. The lowest BCUT2D eigenvalue weighted by Crippen LogP contribution is -2.43. The van der Waals surface area contributed by atoms with Crippen LogP contribution in [0, 0.1) is 0 Å². The Bertz CT molecular complexity index is 3070. The van der Waals surface area contributed by atoms with Gasteiger partial charge in [-0.3, -0.25) is 4.79 Å². The molecule has 1 amide bonds. The Morgan fingerprint density at radius 1 is 0.612 bits per heavy atom. The van der Waals surface area contributed by atoms with E-state index in [2.05, 4.69) is 15.4 Å². The quantitative estimate of drug-likeness (QED) is 0.0487. The number of carbonyl (C=O) groups is 6. The highest BCUT2D eigenvalue weighted by molar-refractivity contribution is 7.94. The van der Waals surface area contributed by atoms with Gasteiger partial charge >= 0.3 is 29.8 Å². The van der Waals surface area contributed by atoms with Crippen LogP contribution in [0.5, 0.6) is 0 Å². The Morgan fingerprint density at radius 3 is 1.29 bits per heavy atom. The van der Waals surface area contributed by atoms with Crippen LogP contribution in [0.25, 0.3) is 0 Å². The number of nitrogens with two attached hydrogens (primary N) is 1. The van der Waals surface area contributed by atoms with Gasteiger partial charge in [-0.1, -0.05) is 13.8 Å². The van der Waals surface area contributed by atoms with Crippen molar-refractivity contribution in [1.29, 1.82) is 0 Å². The largest absolute Gasteiger partial charge is 0.479 e. The zero-order valence-electron chi connectivity index (χ0n) is 50.7. The van der Waals surface area contributed by atoms with Crippen LogP contribution in [0.4, 0.5) is 0 Å². The molecule has 2 aliphatic heterocycles. The molecule has 488 valence electrons. The SMILES string of the molecule is CCN[C@H]1CN(CCCOC)S(=O)(=O)c2sc(S(=O)(=O)NC(=O)[C@H](C)OC(=O)[C@H](C)OC(=O)[C@H](C)OC(C)(C)C)cc21.CCN[C@H]1CN(CCCOC)S(=O)(=O)c2sc(S(N)(=O)=O)cc21.C[C@H](OC(C)(C)C)C(=O)O[C@H](C)C(=O)O[C@H](C)C(=O)O. The maximum absolute atomic E-state index is 13.3. The molecular weight excluding hydrogens is 1240 g/mol. The van der Waals surface area contributed by atoms with Crippen LogP contribution in [0.3, 0.4) is 0 Å². The van der Waals surface area contributed by atoms with E-state index in [9.17, 15) is 62.4 Å². The first-order chi connectivity index (χ1) is 39.0. The van der Waals surface area contributed by atoms with E-state index in [1.807, 2.05) is 18.6 Å². The standard InChI is InChI=1S/C25H41N3O11S3.C13H22O7.C12H21N3O5S3/c1-9-26-19-14-28(11-10-12-36-8)42(34,35)24-18(19)13-20(40-24)41(32,33)27-21(29)15(2)37-22(30)16(3)38-23(31)17(4)39-25(5,6)7;1-7(10(14)15)18-11(16)8(2)19-12(17)9(3)20-13(4,5)6;1-3-14-10-8-15(5-4-6-20-2)23(18,19)12-9(10)7-11(21-12)22(13,16)17/h13,15-17,19,26H,9-12,14H2,1-8H3,(H,27,29);7-9H,1-6H3,(H,14,15);7,10,14H,3-6,8H2,1-2H3,(H2,13,16,17)/t15-,16-,17-,19-;7-,8-,9+;10-/m010/s1. The first kappa shape index (κ1) is 76.8. The zero-order chi connectivity index (χ0) is 65.4. The number of rotatable bonds is 27. The van der Waals surface area contributed by atoms with Gasteiger partial charge in [0.15, 0.2) is 36.6 Å². The fourth-order valence-corrected chi connectivity index (χ4v) is 16.9. The van der Waals surface area contributed by atoms with Crippen molar-refractivity contribution in [3.05, 3.63) is 23.3 Å². The molecule has 0 radical (unpaired) electrons. The van der Waals surface area contributed by atoms with Gasteiger partial charge in [0.2, 0.25) is 10.0 Å². The van der Waals surface area contributed by atoms with Gasteiger partial charge in [0, 0.05) is 76.8 Å². The number of carboxylic acids is 1. The van der Waals surface area contributed by atoms with Gasteiger partial charge < -0.3 is 53.6 Å². The first-order valence-corrected chi connectivity index (χ1v) is 34.3. The lowest BCUT2D eigenvalue weighted by molar-refractivity contribution is -0.182. The number of fused-ring (bicyclic) bond motifs is 2. The molecule has 8 atom stereocenters. The number of ether oxygens (including phenoxy) is 8. The molecular formula is C50H84N6O23S6. The van der Waals surface area contributed by atoms with Crippen molar-refractivity contribution in [2.45, 2.75) is 187 Å².